The molecule has 0 saturated carbocycles. The van der Waals surface area contributed by atoms with Crippen molar-refractivity contribution in [3.63, 3.8) is 0 Å². The first kappa shape index (κ1) is 17.8. The van der Waals surface area contributed by atoms with Gasteiger partial charge in [-0.25, -0.2) is 0 Å². The van der Waals surface area contributed by atoms with Crippen molar-refractivity contribution in [2.24, 2.45) is 0 Å². The van der Waals surface area contributed by atoms with Crippen molar-refractivity contribution in [2.75, 3.05) is 17.6 Å². The summed E-state index contributed by atoms with van der Waals surface area (Å²) in [7, 11) is 0. The van der Waals surface area contributed by atoms with E-state index in [4.69, 9.17) is 12.2 Å². The minimum Gasteiger partial charge on any atom is -0.362 e. The Morgan fingerprint density at radius 2 is 1.74 bits per heavy atom. The zero-order valence-electron chi connectivity index (χ0n) is 14.0. The maximum Gasteiger partial charge on any atom is 0.170 e. The molecule has 0 heterocycles. The van der Waals surface area contributed by atoms with Gasteiger partial charge in [0, 0.05) is 17.1 Å². The number of aryl methyl sites for hydroxylation is 3. The van der Waals surface area contributed by atoms with Gasteiger partial charge in [-0.3, -0.25) is 0 Å². The molecule has 0 amide bonds. The molecule has 2 nitrogen and oxygen atoms in total. The Morgan fingerprint density at radius 1 is 1.00 bits per heavy atom. The minimum absolute atomic E-state index is 0.689. The van der Waals surface area contributed by atoms with Crippen LogP contribution in [-0.4, -0.2) is 17.4 Å². The van der Waals surface area contributed by atoms with Gasteiger partial charge < -0.3 is 10.6 Å². The van der Waals surface area contributed by atoms with Gasteiger partial charge in [-0.2, -0.15) is 0 Å². The summed E-state index contributed by atoms with van der Waals surface area (Å²) in [6, 6.07) is 15.0. The van der Waals surface area contributed by atoms with Crippen molar-refractivity contribution in [1.82, 2.24) is 5.32 Å². The molecule has 0 atom stereocenters. The Morgan fingerprint density at radius 3 is 2.43 bits per heavy atom. The topological polar surface area (TPSA) is 24.1 Å². The second-order valence-corrected chi connectivity index (χ2v) is 7.27. The normalized spacial score (nSPS) is 10.4. The first-order valence-corrected chi connectivity index (χ1v) is 9.25. The number of rotatable bonds is 6. The van der Waals surface area contributed by atoms with Crippen LogP contribution in [0.5, 0.6) is 0 Å². The predicted molar refractivity (Wildman–Crippen MR) is 107 cm³/mol. The maximum absolute atomic E-state index is 5.34. The Balaban J connectivity index is 1.64. The van der Waals surface area contributed by atoms with Gasteiger partial charge in [-0.15, -0.1) is 11.8 Å². The van der Waals surface area contributed by atoms with E-state index in [1.165, 1.54) is 21.6 Å². The summed E-state index contributed by atoms with van der Waals surface area (Å²) in [4.78, 5) is 1.33. The number of thiocarbonyl (C=S) groups is 1. The van der Waals surface area contributed by atoms with Gasteiger partial charge >= 0.3 is 0 Å². The smallest absolute Gasteiger partial charge is 0.170 e. The van der Waals surface area contributed by atoms with E-state index >= 15 is 0 Å². The molecule has 2 rings (SSSR count). The third kappa shape index (κ3) is 6.24. The van der Waals surface area contributed by atoms with Crippen LogP contribution in [0.15, 0.2) is 47.4 Å². The van der Waals surface area contributed by atoms with Gasteiger partial charge in [-0.05, 0) is 80.6 Å². The molecule has 0 aliphatic rings. The van der Waals surface area contributed by atoms with Crippen molar-refractivity contribution in [2.45, 2.75) is 32.1 Å². The van der Waals surface area contributed by atoms with Gasteiger partial charge in [-0.1, -0.05) is 23.8 Å². The first-order chi connectivity index (χ1) is 11.0. The summed E-state index contributed by atoms with van der Waals surface area (Å²) >= 11 is 7.23. The van der Waals surface area contributed by atoms with Crippen molar-refractivity contribution in [1.29, 1.82) is 0 Å². The van der Waals surface area contributed by atoms with E-state index < -0.39 is 0 Å². The van der Waals surface area contributed by atoms with Gasteiger partial charge in [0.2, 0.25) is 0 Å². The summed E-state index contributed by atoms with van der Waals surface area (Å²) in [6.07, 6.45) is 1.08. The number of thioether (sulfide) groups is 1. The van der Waals surface area contributed by atoms with Crippen molar-refractivity contribution in [3.05, 3.63) is 59.2 Å². The van der Waals surface area contributed by atoms with E-state index in [1.54, 1.807) is 0 Å². The van der Waals surface area contributed by atoms with Crippen LogP contribution in [0.4, 0.5) is 5.69 Å². The maximum atomic E-state index is 5.34. The molecule has 4 heteroatoms. The van der Waals surface area contributed by atoms with E-state index in [0.29, 0.717) is 5.11 Å². The summed E-state index contributed by atoms with van der Waals surface area (Å²) in [6.45, 7) is 7.22. The fourth-order valence-corrected chi connectivity index (χ4v) is 3.17. The second-order valence-electron chi connectivity index (χ2n) is 5.70. The number of benzene rings is 2. The molecule has 0 spiro atoms. The van der Waals surface area contributed by atoms with Crippen LogP contribution in [0.1, 0.15) is 23.1 Å². The molecule has 2 aromatic rings. The highest BCUT2D eigenvalue weighted by atomic mass is 32.2. The monoisotopic (exact) mass is 344 g/mol. The average Bonchev–Trinajstić information content (AvgIpc) is 2.52. The molecule has 0 saturated heterocycles. The molecular formula is C19H24N2S2. The highest BCUT2D eigenvalue weighted by Gasteiger charge is 2.00. The van der Waals surface area contributed by atoms with Crippen LogP contribution in [0.3, 0.4) is 0 Å². The average molecular weight is 345 g/mol. The Labute approximate surface area is 149 Å². The summed E-state index contributed by atoms with van der Waals surface area (Å²) in [5, 5.41) is 7.19. The van der Waals surface area contributed by atoms with E-state index in [-0.39, 0.29) is 0 Å². The lowest BCUT2D eigenvalue weighted by Crippen LogP contribution is -2.29. The highest BCUT2D eigenvalue weighted by molar-refractivity contribution is 7.99. The Bertz CT molecular complexity index is 651. The summed E-state index contributed by atoms with van der Waals surface area (Å²) in [5.41, 5.74) is 4.91. The minimum atomic E-state index is 0.689. The molecule has 0 aliphatic heterocycles. The Hall–Kier alpha value is -1.52. The second kappa shape index (κ2) is 8.94. The number of hydrogen-bond donors (Lipinski definition) is 2. The lowest BCUT2D eigenvalue weighted by Gasteiger charge is -2.11. The molecule has 0 aromatic heterocycles. The summed E-state index contributed by atoms with van der Waals surface area (Å²) in [5.74, 6) is 1.09. The highest BCUT2D eigenvalue weighted by Crippen LogP contribution is 2.18. The molecule has 0 aliphatic carbocycles. The number of nitrogens with one attached hydrogen (secondary N) is 2. The molecule has 0 radical (unpaired) electrons. The quantitative estimate of drug-likeness (QED) is 0.433. The lowest BCUT2D eigenvalue weighted by atomic mass is 10.1. The lowest BCUT2D eigenvalue weighted by molar-refractivity contribution is 0.854. The number of anilines is 1. The fraction of sp³-hybridized carbons (Fsp3) is 0.316. The van der Waals surface area contributed by atoms with E-state index in [2.05, 4.69) is 73.9 Å². The number of hydrogen-bond acceptors (Lipinski definition) is 2. The molecule has 0 fully saturated rings. The first-order valence-electron chi connectivity index (χ1n) is 7.86. The third-order valence-corrected chi connectivity index (χ3v) is 5.01. The molecule has 122 valence electrons. The van der Waals surface area contributed by atoms with Crippen molar-refractivity contribution in [3.8, 4) is 0 Å². The van der Waals surface area contributed by atoms with Crippen LogP contribution in [-0.2, 0) is 0 Å². The molecule has 2 aromatic carbocycles. The van der Waals surface area contributed by atoms with Crippen LogP contribution in [0, 0.1) is 20.8 Å². The van der Waals surface area contributed by atoms with E-state index in [1.807, 2.05) is 11.8 Å². The van der Waals surface area contributed by atoms with Crippen LogP contribution < -0.4 is 10.6 Å². The molecule has 0 bridgehead atoms. The zero-order valence-corrected chi connectivity index (χ0v) is 15.6. The molecule has 2 N–H and O–H groups in total. The molecular weight excluding hydrogens is 320 g/mol. The third-order valence-electron chi connectivity index (χ3n) is 3.66. The largest absolute Gasteiger partial charge is 0.362 e. The zero-order chi connectivity index (χ0) is 16.7. The van der Waals surface area contributed by atoms with Crippen LogP contribution in [0.25, 0.3) is 0 Å². The Kier molecular flexibility index (Phi) is 6.93. The van der Waals surface area contributed by atoms with Gasteiger partial charge in [0.25, 0.3) is 0 Å². The van der Waals surface area contributed by atoms with Gasteiger partial charge in [0.05, 0.1) is 0 Å². The summed E-state index contributed by atoms with van der Waals surface area (Å²) < 4.78 is 0. The fourth-order valence-electron chi connectivity index (χ4n) is 2.09. The standard InChI is InChI=1S/C19H24N2S2/c1-14-5-9-18(10-6-14)23-12-4-11-20-19(22)21-17-8-7-15(2)16(3)13-17/h5-10,13H,4,11-12H2,1-3H3,(H2,20,21,22). The van der Waals surface area contributed by atoms with Crippen LogP contribution >= 0.6 is 24.0 Å². The van der Waals surface area contributed by atoms with Crippen molar-refractivity contribution < 1.29 is 0 Å². The SMILES string of the molecule is Cc1ccc(SCCCNC(=S)Nc2ccc(C)c(C)c2)cc1. The van der Waals surface area contributed by atoms with Gasteiger partial charge in [0.15, 0.2) is 5.11 Å². The molecule has 0 unspecified atom stereocenters. The van der Waals surface area contributed by atoms with E-state index in [0.717, 1.165) is 24.4 Å². The molecule has 23 heavy (non-hydrogen) atoms. The van der Waals surface area contributed by atoms with E-state index in [9.17, 15) is 0 Å². The van der Waals surface area contributed by atoms with Crippen LogP contribution in [0.2, 0.25) is 0 Å². The van der Waals surface area contributed by atoms with Gasteiger partial charge in [0.1, 0.15) is 0 Å². The van der Waals surface area contributed by atoms with Crippen molar-refractivity contribution >= 4 is 34.8 Å². The predicted octanol–water partition coefficient (Wildman–Crippen LogP) is 5.08.